The number of fused-ring (bicyclic) bond motifs is 2. The molecular formula is C34H28N2O2. The first-order chi connectivity index (χ1) is 18.7. The van der Waals surface area contributed by atoms with Crippen LogP contribution in [0.3, 0.4) is 0 Å². The third-order valence-corrected chi connectivity index (χ3v) is 6.92. The quantitative estimate of drug-likeness (QED) is 0.179. The van der Waals surface area contributed by atoms with Gasteiger partial charge in [0.1, 0.15) is 11.5 Å². The molecule has 4 nitrogen and oxygen atoms in total. The second-order valence-corrected chi connectivity index (χ2v) is 9.47. The Balaban J connectivity index is 1.36. The Morgan fingerprint density at radius 1 is 0.447 bits per heavy atom. The number of anilines is 2. The van der Waals surface area contributed by atoms with Crippen LogP contribution in [0.4, 0.5) is 11.4 Å². The molecule has 0 radical (unpaired) electrons. The van der Waals surface area contributed by atoms with Crippen LogP contribution in [0.1, 0.15) is 11.1 Å². The van der Waals surface area contributed by atoms with E-state index < -0.39 is 0 Å². The highest BCUT2D eigenvalue weighted by atomic mass is 16.3. The Morgan fingerprint density at radius 2 is 0.868 bits per heavy atom. The van der Waals surface area contributed by atoms with Gasteiger partial charge in [-0.3, -0.25) is 0 Å². The lowest BCUT2D eigenvalue weighted by Gasteiger charge is -2.16. The molecule has 0 unspecified atom stereocenters. The summed E-state index contributed by atoms with van der Waals surface area (Å²) in [6, 6.07) is 40.0. The summed E-state index contributed by atoms with van der Waals surface area (Å²) in [4.78, 5) is 0. The lowest BCUT2D eigenvalue weighted by Crippen LogP contribution is -1.99. The highest BCUT2D eigenvalue weighted by Crippen LogP contribution is 2.45. The number of aromatic hydroxyl groups is 2. The molecule has 0 aliphatic rings. The first-order valence-electron chi connectivity index (χ1n) is 12.7. The van der Waals surface area contributed by atoms with E-state index in [1.807, 2.05) is 72.8 Å². The third kappa shape index (κ3) is 4.72. The molecule has 0 aromatic heterocycles. The Bertz CT molecular complexity index is 1600. The van der Waals surface area contributed by atoms with Crippen molar-refractivity contribution in [2.75, 3.05) is 10.6 Å². The van der Waals surface area contributed by atoms with E-state index in [0.29, 0.717) is 11.1 Å². The molecule has 186 valence electrons. The minimum absolute atomic E-state index is 0.136. The number of phenolic OH excluding ortho intramolecular Hbond substituents is 2. The largest absolute Gasteiger partial charge is 0.507 e. The molecule has 0 aliphatic heterocycles. The summed E-state index contributed by atoms with van der Waals surface area (Å²) in [6.45, 7) is 1.45. The Hall–Kier alpha value is -4.96. The van der Waals surface area contributed by atoms with Gasteiger partial charge in [0.25, 0.3) is 0 Å². The highest BCUT2D eigenvalue weighted by Gasteiger charge is 2.17. The molecule has 0 heterocycles. The van der Waals surface area contributed by atoms with Crippen molar-refractivity contribution in [2.45, 2.75) is 13.1 Å². The molecule has 0 spiro atoms. The number of nitrogens with one attached hydrogen (secondary N) is 2. The van der Waals surface area contributed by atoms with Gasteiger partial charge in [0.05, 0.1) is 0 Å². The minimum atomic E-state index is 0.136. The zero-order valence-electron chi connectivity index (χ0n) is 20.9. The number of hydrogen-bond acceptors (Lipinski definition) is 4. The topological polar surface area (TPSA) is 64.5 Å². The van der Waals surface area contributed by atoms with Crippen LogP contribution < -0.4 is 10.6 Å². The summed E-state index contributed by atoms with van der Waals surface area (Å²) in [6.07, 6.45) is 0. The number of benzene rings is 6. The summed E-state index contributed by atoms with van der Waals surface area (Å²) < 4.78 is 0. The molecule has 0 atom stereocenters. The van der Waals surface area contributed by atoms with Gasteiger partial charge >= 0.3 is 0 Å². The molecule has 6 aromatic rings. The highest BCUT2D eigenvalue weighted by molar-refractivity contribution is 6.10. The number of phenols is 2. The average Bonchev–Trinajstić information content (AvgIpc) is 2.96. The average molecular weight is 497 g/mol. The van der Waals surface area contributed by atoms with Crippen molar-refractivity contribution in [1.82, 2.24) is 0 Å². The van der Waals surface area contributed by atoms with Crippen LogP contribution in [0.15, 0.2) is 121 Å². The third-order valence-electron chi connectivity index (χ3n) is 6.92. The van der Waals surface area contributed by atoms with E-state index in [1.165, 1.54) is 11.1 Å². The van der Waals surface area contributed by atoms with Crippen molar-refractivity contribution in [3.63, 3.8) is 0 Å². The monoisotopic (exact) mass is 496 g/mol. The Morgan fingerprint density at radius 3 is 1.29 bits per heavy atom. The lowest BCUT2D eigenvalue weighted by atomic mass is 9.92. The molecule has 0 saturated carbocycles. The van der Waals surface area contributed by atoms with E-state index in [9.17, 15) is 10.2 Å². The molecule has 38 heavy (non-hydrogen) atoms. The van der Waals surface area contributed by atoms with Crippen LogP contribution >= 0.6 is 0 Å². The molecule has 6 rings (SSSR count). The summed E-state index contributed by atoms with van der Waals surface area (Å²) in [7, 11) is 0. The van der Waals surface area contributed by atoms with Gasteiger partial charge in [0, 0.05) is 35.6 Å². The normalized spacial score (nSPS) is 11.1. The molecule has 0 saturated heterocycles. The molecular weight excluding hydrogens is 468 g/mol. The summed E-state index contributed by atoms with van der Waals surface area (Å²) >= 11 is 0. The predicted molar refractivity (Wildman–Crippen MR) is 158 cm³/mol. The van der Waals surface area contributed by atoms with E-state index in [0.717, 1.165) is 46.0 Å². The second kappa shape index (κ2) is 10.2. The van der Waals surface area contributed by atoms with Crippen molar-refractivity contribution in [3.8, 4) is 22.6 Å². The van der Waals surface area contributed by atoms with Gasteiger partial charge in [-0.2, -0.15) is 0 Å². The van der Waals surface area contributed by atoms with Gasteiger partial charge in [-0.25, -0.2) is 0 Å². The number of hydrogen-bond donors (Lipinski definition) is 4. The maximum atomic E-state index is 11.0. The molecule has 4 heteroatoms. The maximum Gasteiger partial charge on any atom is 0.124 e. The van der Waals surface area contributed by atoms with Gasteiger partial charge in [0.2, 0.25) is 0 Å². The molecule has 0 bridgehead atoms. The molecule has 6 aromatic carbocycles. The van der Waals surface area contributed by atoms with Gasteiger partial charge < -0.3 is 20.8 Å². The van der Waals surface area contributed by atoms with Gasteiger partial charge in [-0.1, -0.05) is 84.9 Å². The molecule has 4 N–H and O–H groups in total. The van der Waals surface area contributed by atoms with E-state index in [1.54, 1.807) is 12.1 Å². The fraction of sp³-hybridized carbons (Fsp3) is 0.0588. The van der Waals surface area contributed by atoms with Crippen LogP contribution in [0.25, 0.3) is 32.7 Å². The van der Waals surface area contributed by atoms with Crippen molar-refractivity contribution < 1.29 is 10.2 Å². The molecule has 0 fully saturated rings. The maximum absolute atomic E-state index is 11.0. The Kier molecular flexibility index (Phi) is 6.29. The predicted octanol–water partition coefficient (Wildman–Crippen LogP) is 8.30. The van der Waals surface area contributed by atoms with E-state index in [4.69, 9.17) is 0 Å². The van der Waals surface area contributed by atoms with Gasteiger partial charge in [-0.05, 0) is 69.1 Å². The fourth-order valence-electron chi connectivity index (χ4n) is 4.98. The van der Waals surface area contributed by atoms with Gasteiger partial charge in [-0.15, -0.1) is 0 Å². The SMILES string of the molecule is Oc1ccc2cc(NCc3ccccc3)ccc2c1-c1c(O)ccc2cc(NCc3ccccc3)ccc12. The van der Waals surface area contributed by atoms with Crippen LogP contribution in [0, 0.1) is 0 Å². The van der Waals surface area contributed by atoms with E-state index in [2.05, 4.69) is 47.0 Å². The van der Waals surface area contributed by atoms with E-state index >= 15 is 0 Å². The summed E-state index contributed by atoms with van der Waals surface area (Å²) in [5.74, 6) is 0.271. The van der Waals surface area contributed by atoms with Crippen LogP contribution in [-0.2, 0) is 13.1 Å². The van der Waals surface area contributed by atoms with Crippen molar-refractivity contribution in [1.29, 1.82) is 0 Å². The number of rotatable bonds is 7. The fourth-order valence-corrected chi connectivity index (χ4v) is 4.98. The van der Waals surface area contributed by atoms with Gasteiger partial charge in [0.15, 0.2) is 0 Å². The second-order valence-electron chi connectivity index (χ2n) is 9.47. The summed E-state index contributed by atoms with van der Waals surface area (Å²) in [5.41, 5.74) is 5.66. The van der Waals surface area contributed by atoms with Crippen molar-refractivity contribution >= 4 is 32.9 Å². The zero-order chi connectivity index (χ0) is 25.9. The van der Waals surface area contributed by atoms with Crippen molar-refractivity contribution in [3.05, 3.63) is 132 Å². The zero-order valence-corrected chi connectivity index (χ0v) is 20.9. The first kappa shape index (κ1) is 23.4. The minimum Gasteiger partial charge on any atom is -0.507 e. The lowest BCUT2D eigenvalue weighted by molar-refractivity contribution is 0.470. The first-order valence-corrected chi connectivity index (χ1v) is 12.7. The van der Waals surface area contributed by atoms with Crippen molar-refractivity contribution in [2.24, 2.45) is 0 Å². The standard InChI is InChI=1S/C34H28N2O2/c37-31-17-11-25-19-27(35-21-23-7-3-1-4-8-23)13-15-29(25)33(31)34-30-16-14-28(20-26(30)12-18-32(34)38)36-22-24-9-5-2-6-10-24/h1-20,35-38H,21-22H2. The summed E-state index contributed by atoms with van der Waals surface area (Å²) in [5, 5.41) is 32.7. The van der Waals surface area contributed by atoms with E-state index in [-0.39, 0.29) is 11.5 Å². The molecule has 0 amide bonds. The smallest absolute Gasteiger partial charge is 0.124 e. The van der Waals surface area contributed by atoms with Crippen LogP contribution in [-0.4, -0.2) is 10.2 Å². The Labute approximate surface area is 221 Å². The molecule has 0 aliphatic carbocycles. The van der Waals surface area contributed by atoms with Crippen LogP contribution in [0.5, 0.6) is 11.5 Å². The van der Waals surface area contributed by atoms with Crippen LogP contribution in [0.2, 0.25) is 0 Å².